The van der Waals surface area contributed by atoms with Crippen molar-refractivity contribution < 1.29 is 9.13 Å². The zero-order chi connectivity index (χ0) is 14.0. The lowest BCUT2D eigenvalue weighted by atomic mass is 9.80. The Morgan fingerprint density at radius 2 is 2.05 bits per heavy atom. The van der Waals surface area contributed by atoms with Crippen molar-refractivity contribution in [1.82, 2.24) is 0 Å². The molecule has 0 aliphatic heterocycles. The van der Waals surface area contributed by atoms with E-state index in [2.05, 4.69) is 13.8 Å². The summed E-state index contributed by atoms with van der Waals surface area (Å²) in [5.41, 5.74) is 5.71. The SMILES string of the molecule is CC1CCC(Oc2ccc(C(=N)N)cc2F)CC1C. The summed E-state index contributed by atoms with van der Waals surface area (Å²) in [6.07, 6.45) is 3.15. The number of nitrogen functional groups attached to an aromatic ring is 1. The fourth-order valence-corrected chi connectivity index (χ4v) is 2.55. The molecule has 0 saturated heterocycles. The van der Waals surface area contributed by atoms with Crippen LogP contribution in [-0.4, -0.2) is 11.9 Å². The van der Waals surface area contributed by atoms with E-state index in [-0.39, 0.29) is 17.7 Å². The summed E-state index contributed by atoms with van der Waals surface area (Å²) in [5, 5.41) is 7.27. The molecule has 2 rings (SSSR count). The summed E-state index contributed by atoms with van der Waals surface area (Å²) < 4.78 is 19.6. The van der Waals surface area contributed by atoms with Gasteiger partial charge in [-0.2, -0.15) is 0 Å². The highest BCUT2D eigenvalue weighted by atomic mass is 19.1. The molecule has 3 N–H and O–H groups in total. The van der Waals surface area contributed by atoms with Crippen molar-refractivity contribution in [2.24, 2.45) is 17.6 Å². The third kappa shape index (κ3) is 3.25. The molecule has 1 aromatic carbocycles. The summed E-state index contributed by atoms with van der Waals surface area (Å²) in [4.78, 5) is 0. The van der Waals surface area contributed by atoms with Gasteiger partial charge in [0.05, 0.1) is 6.10 Å². The average molecular weight is 264 g/mol. The highest BCUT2D eigenvalue weighted by Crippen LogP contribution is 2.32. The van der Waals surface area contributed by atoms with Crippen molar-refractivity contribution in [2.45, 2.75) is 39.2 Å². The van der Waals surface area contributed by atoms with Gasteiger partial charge in [-0.15, -0.1) is 0 Å². The van der Waals surface area contributed by atoms with Gasteiger partial charge in [-0.3, -0.25) is 5.41 Å². The first kappa shape index (κ1) is 13.8. The lowest BCUT2D eigenvalue weighted by molar-refractivity contribution is 0.0968. The third-order valence-corrected chi connectivity index (χ3v) is 4.09. The smallest absolute Gasteiger partial charge is 0.165 e. The number of amidine groups is 1. The minimum absolute atomic E-state index is 0.0869. The summed E-state index contributed by atoms with van der Waals surface area (Å²) in [7, 11) is 0. The van der Waals surface area contributed by atoms with Crippen molar-refractivity contribution in [1.29, 1.82) is 5.41 Å². The van der Waals surface area contributed by atoms with Gasteiger partial charge >= 0.3 is 0 Å². The highest BCUT2D eigenvalue weighted by Gasteiger charge is 2.26. The maximum atomic E-state index is 13.9. The first-order valence-electron chi connectivity index (χ1n) is 6.78. The maximum Gasteiger partial charge on any atom is 0.165 e. The zero-order valence-corrected chi connectivity index (χ0v) is 11.4. The van der Waals surface area contributed by atoms with Crippen LogP contribution in [0.5, 0.6) is 5.75 Å². The first-order valence-corrected chi connectivity index (χ1v) is 6.78. The van der Waals surface area contributed by atoms with Gasteiger partial charge in [0, 0.05) is 5.56 Å². The minimum Gasteiger partial charge on any atom is -0.487 e. The molecule has 0 heterocycles. The molecule has 3 nitrogen and oxygen atoms in total. The second-order valence-electron chi connectivity index (χ2n) is 5.57. The number of nitrogens with one attached hydrogen (secondary N) is 1. The minimum atomic E-state index is -0.445. The number of benzene rings is 1. The predicted molar refractivity (Wildman–Crippen MR) is 74.0 cm³/mol. The zero-order valence-electron chi connectivity index (χ0n) is 11.4. The van der Waals surface area contributed by atoms with Crippen LogP contribution in [0.1, 0.15) is 38.7 Å². The third-order valence-electron chi connectivity index (χ3n) is 4.09. The average Bonchev–Trinajstić information content (AvgIpc) is 2.36. The van der Waals surface area contributed by atoms with E-state index in [0.29, 0.717) is 17.4 Å². The van der Waals surface area contributed by atoms with Crippen LogP contribution in [0, 0.1) is 23.1 Å². The van der Waals surface area contributed by atoms with Crippen molar-refractivity contribution in [2.75, 3.05) is 0 Å². The predicted octanol–water partition coefficient (Wildman–Crippen LogP) is 3.31. The lowest BCUT2D eigenvalue weighted by Gasteiger charge is -2.32. The molecule has 19 heavy (non-hydrogen) atoms. The summed E-state index contributed by atoms with van der Waals surface area (Å²) >= 11 is 0. The van der Waals surface area contributed by atoms with E-state index in [1.54, 1.807) is 12.1 Å². The molecule has 1 saturated carbocycles. The van der Waals surface area contributed by atoms with Crippen LogP contribution in [0.3, 0.4) is 0 Å². The second kappa shape index (κ2) is 5.59. The van der Waals surface area contributed by atoms with Crippen LogP contribution >= 0.6 is 0 Å². The molecule has 0 radical (unpaired) electrons. The molecule has 1 aromatic rings. The van der Waals surface area contributed by atoms with Gasteiger partial charge in [0.2, 0.25) is 0 Å². The van der Waals surface area contributed by atoms with Gasteiger partial charge in [-0.1, -0.05) is 13.8 Å². The fourth-order valence-electron chi connectivity index (χ4n) is 2.55. The molecule has 3 atom stereocenters. The Kier molecular flexibility index (Phi) is 4.08. The van der Waals surface area contributed by atoms with Gasteiger partial charge in [-0.05, 0) is 49.3 Å². The fraction of sp³-hybridized carbons (Fsp3) is 0.533. The highest BCUT2D eigenvalue weighted by molar-refractivity contribution is 5.95. The molecule has 4 heteroatoms. The van der Waals surface area contributed by atoms with Gasteiger partial charge < -0.3 is 10.5 Å². The number of rotatable bonds is 3. The Labute approximate surface area is 113 Å². The molecule has 104 valence electrons. The van der Waals surface area contributed by atoms with Gasteiger partial charge in [-0.25, -0.2) is 4.39 Å². The quantitative estimate of drug-likeness (QED) is 0.650. The van der Waals surface area contributed by atoms with Gasteiger partial charge in [0.25, 0.3) is 0 Å². The number of hydrogen-bond donors (Lipinski definition) is 2. The van der Waals surface area contributed by atoms with Gasteiger partial charge in [0.1, 0.15) is 5.84 Å². The molecular formula is C15H21FN2O. The van der Waals surface area contributed by atoms with Crippen molar-refractivity contribution in [3.8, 4) is 5.75 Å². The van der Waals surface area contributed by atoms with E-state index >= 15 is 0 Å². The van der Waals surface area contributed by atoms with E-state index in [4.69, 9.17) is 15.9 Å². The Morgan fingerprint density at radius 1 is 1.32 bits per heavy atom. The molecule has 1 aliphatic rings. The molecule has 3 unspecified atom stereocenters. The van der Waals surface area contributed by atoms with Crippen molar-refractivity contribution >= 4 is 5.84 Å². The monoisotopic (exact) mass is 264 g/mol. The largest absolute Gasteiger partial charge is 0.487 e. The molecule has 1 fully saturated rings. The molecule has 0 spiro atoms. The van der Waals surface area contributed by atoms with Crippen LogP contribution < -0.4 is 10.5 Å². The number of halogens is 1. The second-order valence-corrected chi connectivity index (χ2v) is 5.57. The summed E-state index contributed by atoms with van der Waals surface area (Å²) in [6, 6.07) is 4.44. The van der Waals surface area contributed by atoms with E-state index in [1.807, 2.05) is 0 Å². The Morgan fingerprint density at radius 3 is 2.63 bits per heavy atom. The van der Waals surface area contributed by atoms with E-state index in [9.17, 15) is 4.39 Å². The number of hydrogen-bond acceptors (Lipinski definition) is 2. The number of ether oxygens (including phenoxy) is 1. The normalized spacial score (nSPS) is 27.0. The molecule has 0 aromatic heterocycles. The summed E-state index contributed by atoms with van der Waals surface area (Å²) in [6.45, 7) is 4.47. The molecule has 0 bridgehead atoms. The maximum absolute atomic E-state index is 13.9. The molecule has 0 amide bonds. The molecular weight excluding hydrogens is 243 g/mol. The number of nitrogens with two attached hydrogens (primary N) is 1. The standard InChI is InChI=1S/C15H21FN2O/c1-9-3-5-12(7-10(9)2)19-14-6-4-11(15(17)18)8-13(14)16/h4,6,8-10,12H,3,5,7H2,1-2H3,(H3,17,18). The van der Waals surface area contributed by atoms with Crippen LogP contribution in [0.25, 0.3) is 0 Å². The van der Waals surface area contributed by atoms with E-state index in [0.717, 1.165) is 19.3 Å². The van der Waals surface area contributed by atoms with Crippen molar-refractivity contribution in [3.05, 3.63) is 29.6 Å². The van der Waals surface area contributed by atoms with Crippen LogP contribution in [0.2, 0.25) is 0 Å². The van der Waals surface area contributed by atoms with E-state index < -0.39 is 5.82 Å². The Bertz CT molecular complexity index is 475. The topological polar surface area (TPSA) is 59.1 Å². The lowest BCUT2D eigenvalue weighted by Crippen LogP contribution is -2.29. The summed E-state index contributed by atoms with van der Waals surface area (Å²) in [5.74, 6) is 1.00. The van der Waals surface area contributed by atoms with Crippen molar-refractivity contribution in [3.63, 3.8) is 0 Å². The Balaban J connectivity index is 2.05. The van der Waals surface area contributed by atoms with Crippen LogP contribution in [-0.2, 0) is 0 Å². The van der Waals surface area contributed by atoms with E-state index in [1.165, 1.54) is 6.07 Å². The van der Waals surface area contributed by atoms with Crippen LogP contribution in [0.4, 0.5) is 4.39 Å². The van der Waals surface area contributed by atoms with Crippen LogP contribution in [0.15, 0.2) is 18.2 Å². The first-order chi connectivity index (χ1) is 8.97. The van der Waals surface area contributed by atoms with Gasteiger partial charge in [0.15, 0.2) is 11.6 Å². The molecule has 1 aliphatic carbocycles. The Hall–Kier alpha value is -1.58.